The number of nitrogens with one attached hydrogen (secondary N) is 1. The van der Waals surface area contributed by atoms with Crippen molar-refractivity contribution < 1.29 is 14.5 Å². The number of amides is 1. The summed E-state index contributed by atoms with van der Waals surface area (Å²) in [7, 11) is 0. The van der Waals surface area contributed by atoms with Gasteiger partial charge in [0.25, 0.3) is 5.91 Å². The highest BCUT2D eigenvalue weighted by atomic mass is 35.5. The Morgan fingerprint density at radius 3 is 2.45 bits per heavy atom. The van der Waals surface area contributed by atoms with Crippen LogP contribution in [0.3, 0.4) is 0 Å². The van der Waals surface area contributed by atoms with Gasteiger partial charge < -0.3 is 10.6 Å². The molecule has 1 amide bonds. The van der Waals surface area contributed by atoms with Gasteiger partial charge in [-0.05, 0) is 37.3 Å². The molecule has 3 N–H and O–H groups in total. The van der Waals surface area contributed by atoms with Crippen LogP contribution in [0.4, 0.5) is 10.1 Å². The van der Waals surface area contributed by atoms with E-state index in [1.54, 1.807) is 0 Å². The van der Waals surface area contributed by atoms with Crippen molar-refractivity contribution >= 4 is 34.8 Å². The van der Waals surface area contributed by atoms with Gasteiger partial charge in [0.1, 0.15) is 11.9 Å². The van der Waals surface area contributed by atoms with Crippen molar-refractivity contribution in [3.8, 4) is 0 Å². The lowest BCUT2D eigenvalue weighted by molar-refractivity contribution is -0.682. The SMILES string of the molecule is C[C@H]([NH2+]CC(=O)Nc1ccc(Cl)cc1F)c1ccc(Cl)cc1. The molecule has 2 aromatic carbocycles. The highest BCUT2D eigenvalue weighted by Crippen LogP contribution is 2.18. The molecule has 0 bridgehead atoms. The van der Waals surface area contributed by atoms with E-state index < -0.39 is 5.82 Å². The van der Waals surface area contributed by atoms with E-state index in [9.17, 15) is 9.18 Å². The summed E-state index contributed by atoms with van der Waals surface area (Å²) in [4.78, 5) is 11.9. The van der Waals surface area contributed by atoms with Gasteiger partial charge in [0.05, 0.1) is 5.69 Å². The molecule has 0 aliphatic carbocycles. The van der Waals surface area contributed by atoms with Crippen molar-refractivity contribution in [2.75, 3.05) is 11.9 Å². The molecule has 2 aromatic rings. The normalized spacial score (nSPS) is 12.0. The quantitative estimate of drug-likeness (QED) is 0.860. The summed E-state index contributed by atoms with van der Waals surface area (Å²) in [5.41, 5.74) is 1.19. The zero-order valence-electron chi connectivity index (χ0n) is 11.9. The first kappa shape index (κ1) is 16.7. The van der Waals surface area contributed by atoms with Crippen LogP contribution in [0.1, 0.15) is 18.5 Å². The van der Waals surface area contributed by atoms with Gasteiger partial charge in [-0.3, -0.25) is 4.79 Å². The van der Waals surface area contributed by atoms with Crippen molar-refractivity contribution in [2.24, 2.45) is 0 Å². The molecular weight excluding hydrogens is 326 g/mol. The van der Waals surface area contributed by atoms with Crippen LogP contribution in [-0.4, -0.2) is 12.5 Å². The Bertz CT molecular complexity index is 662. The number of carbonyl (C=O) groups is 1. The molecule has 22 heavy (non-hydrogen) atoms. The molecule has 0 aromatic heterocycles. The maximum atomic E-state index is 13.6. The smallest absolute Gasteiger partial charge is 0.279 e. The molecule has 0 aliphatic heterocycles. The van der Waals surface area contributed by atoms with Crippen LogP contribution in [0.2, 0.25) is 10.0 Å². The first-order chi connectivity index (χ1) is 10.5. The fourth-order valence-corrected chi connectivity index (χ4v) is 2.26. The molecule has 0 spiro atoms. The van der Waals surface area contributed by atoms with Crippen molar-refractivity contribution in [1.29, 1.82) is 0 Å². The summed E-state index contributed by atoms with van der Waals surface area (Å²) in [6.07, 6.45) is 0. The molecule has 0 radical (unpaired) electrons. The Morgan fingerprint density at radius 2 is 1.82 bits per heavy atom. The number of rotatable bonds is 5. The largest absolute Gasteiger partial charge is 0.333 e. The number of benzene rings is 2. The Kier molecular flexibility index (Phi) is 5.77. The van der Waals surface area contributed by atoms with Gasteiger partial charge in [-0.2, -0.15) is 0 Å². The third-order valence-corrected chi connectivity index (χ3v) is 3.74. The molecule has 1 atom stereocenters. The summed E-state index contributed by atoms with van der Waals surface area (Å²) < 4.78 is 13.6. The molecule has 0 unspecified atom stereocenters. The van der Waals surface area contributed by atoms with Gasteiger partial charge in [-0.15, -0.1) is 0 Å². The molecular formula is C16H16Cl2FN2O+. The lowest BCUT2D eigenvalue weighted by atomic mass is 10.1. The van der Waals surface area contributed by atoms with Crippen LogP contribution in [0.25, 0.3) is 0 Å². The first-order valence-corrected chi connectivity index (χ1v) is 7.55. The summed E-state index contributed by atoms with van der Waals surface area (Å²) >= 11 is 11.5. The van der Waals surface area contributed by atoms with Gasteiger partial charge in [0.15, 0.2) is 6.54 Å². The topological polar surface area (TPSA) is 45.7 Å². The van der Waals surface area contributed by atoms with Gasteiger partial charge in [0.2, 0.25) is 0 Å². The van der Waals surface area contributed by atoms with Crippen LogP contribution >= 0.6 is 23.2 Å². The predicted octanol–water partition coefficient (Wildman–Crippen LogP) is 3.40. The zero-order valence-corrected chi connectivity index (χ0v) is 13.5. The lowest BCUT2D eigenvalue weighted by Crippen LogP contribution is -2.86. The van der Waals surface area contributed by atoms with Gasteiger partial charge in [0, 0.05) is 15.6 Å². The second-order valence-corrected chi connectivity index (χ2v) is 5.83. The lowest BCUT2D eigenvalue weighted by Gasteiger charge is -2.11. The molecule has 0 aliphatic rings. The summed E-state index contributed by atoms with van der Waals surface area (Å²) in [6, 6.07) is 11.7. The second-order valence-electron chi connectivity index (χ2n) is 4.95. The fourth-order valence-electron chi connectivity index (χ4n) is 1.98. The van der Waals surface area contributed by atoms with Crippen molar-refractivity contribution in [2.45, 2.75) is 13.0 Å². The maximum absolute atomic E-state index is 13.6. The van der Waals surface area contributed by atoms with E-state index in [0.29, 0.717) is 10.0 Å². The summed E-state index contributed by atoms with van der Waals surface area (Å²) in [6.45, 7) is 2.17. The monoisotopic (exact) mass is 341 g/mol. The number of hydrogen-bond donors (Lipinski definition) is 2. The third kappa shape index (κ3) is 4.70. The standard InChI is InChI=1S/C16H15Cl2FN2O/c1-10(11-2-4-12(17)5-3-11)20-9-16(22)21-15-7-6-13(18)8-14(15)19/h2-8,10,20H,9H2,1H3,(H,21,22)/p+1/t10-/m0/s1. The molecule has 3 nitrogen and oxygen atoms in total. The molecule has 0 saturated heterocycles. The highest BCUT2D eigenvalue weighted by Gasteiger charge is 2.13. The average Bonchev–Trinajstić information content (AvgIpc) is 2.48. The molecule has 0 heterocycles. The average molecular weight is 342 g/mol. The van der Waals surface area contributed by atoms with E-state index in [-0.39, 0.29) is 24.2 Å². The van der Waals surface area contributed by atoms with Crippen LogP contribution in [0, 0.1) is 5.82 Å². The van der Waals surface area contributed by atoms with Crippen molar-refractivity contribution in [3.63, 3.8) is 0 Å². The number of quaternary nitrogens is 1. The third-order valence-electron chi connectivity index (χ3n) is 3.26. The first-order valence-electron chi connectivity index (χ1n) is 6.79. The summed E-state index contributed by atoms with van der Waals surface area (Å²) in [5, 5.41) is 5.36. The van der Waals surface area contributed by atoms with E-state index in [4.69, 9.17) is 23.2 Å². The number of hydrogen-bond acceptors (Lipinski definition) is 1. The van der Waals surface area contributed by atoms with E-state index in [2.05, 4.69) is 5.32 Å². The molecule has 116 valence electrons. The molecule has 0 saturated carbocycles. The van der Waals surface area contributed by atoms with Crippen LogP contribution < -0.4 is 10.6 Å². The number of anilines is 1. The van der Waals surface area contributed by atoms with Crippen LogP contribution in [0.15, 0.2) is 42.5 Å². The maximum Gasteiger partial charge on any atom is 0.279 e. The van der Waals surface area contributed by atoms with Gasteiger partial charge >= 0.3 is 0 Å². The number of carbonyl (C=O) groups excluding carboxylic acids is 1. The summed E-state index contributed by atoms with van der Waals surface area (Å²) in [5.74, 6) is -0.825. The predicted molar refractivity (Wildman–Crippen MR) is 86.7 cm³/mol. The van der Waals surface area contributed by atoms with E-state index in [1.165, 1.54) is 12.1 Å². The number of halogens is 3. The van der Waals surface area contributed by atoms with Crippen LogP contribution in [-0.2, 0) is 4.79 Å². The second kappa shape index (κ2) is 7.58. The zero-order chi connectivity index (χ0) is 16.1. The minimum absolute atomic E-state index is 0.0954. The Labute approximate surface area is 138 Å². The van der Waals surface area contributed by atoms with Gasteiger partial charge in [-0.1, -0.05) is 35.3 Å². The van der Waals surface area contributed by atoms with E-state index in [0.717, 1.165) is 11.6 Å². The number of nitrogens with two attached hydrogens (primary N) is 1. The Morgan fingerprint density at radius 1 is 1.18 bits per heavy atom. The Hall–Kier alpha value is -1.62. The Balaban J connectivity index is 1.88. The molecule has 0 fully saturated rings. The van der Waals surface area contributed by atoms with Crippen molar-refractivity contribution in [3.05, 3.63) is 63.9 Å². The van der Waals surface area contributed by atoms with Crippen LogP contribution in [0.5, 0.6) is 0 Å². The fraction of sp³-hybridized carbons (Fsp3) is 0.188. The minimum Gasteiger partial charge on any atom is -0.333 e. The highest BCUT2D eigenvalue weighted by molar-refractivity contribution is 6.30. The van der Waals surface area contributed by atoms with Crippen molar-refractivity contribution in [1.82, 2.24) is 0 Å². The van der Waals surface area contributed by atoms with E-state index in [1.807, 2.05) is 36.5 Å². The molecule has 6 heteroatoms. The minimum atomic E-state index is -0.549. The molecule has 2 rings (SSSR count). The van der Waals surface area contributed by atoms with Gasteiger partial charge in [-0.25, -0.2) is 4.39 Å². The van der Waals surface area contributed by atoms with E-state index >= 15 is 0 Å².